The molecule has 0 aliphatic heterocycles. The van der Waals surface area contributed by atoms with E-state index in [4.69, 9.17) is 0 Å². The number of ether oxygens (including phenoxy) is 2. The van der Waals surface area contributed by atoms with Gasteiger partial charge in [0.15, 0.2) is 0 Å². The average molecular weight is 203 g/mol. The Morgan fingerprint density at radius 3 is 2.21 bits per heavy atom. The number of carbonyl (C=O) groups excluding carboxylic acids is 2. The summed E-state index contributed by atoms with van der Waals surface area (Å²) < 4.78 is 9.04. The first-order valence-corrected chi connectivity index (χ1v) is 4.34. The molecular weight excluding hydrogens is 186 g/mol. The van der Waals surface area contributed by atoms with E-state index in [0.29, 0.717) is 6.54 Å². The van der Waals surface area contributed by atoms with Crippen molar-refractivity contribution in [1.82, 2.24) is 5.32 Å². The minimum Gasteiger partial charge on any atom is -0.469 e. The van der Waals surface area contributed by atoms with Gasteiger partial charge in [-0.2, -0.15) is 0 Å². The lowest BCUT2D eigenvalue weighted by Crippen LogP contribution is -2.48. The number of nitrogens with one attached hydrogen (secondary N) is 1. The highest BCUT2D eigenvalue weighted by molar-refractivity contribution is 5.79. The molecule has 0 saturated carbocycles. The Balaban J connectivity index is 3.88. The highest BCUT2D eigenvalue weighted by Gasteiger charge is 2.27. The summed E-state index contributed by atoms with van der Waals surface area (Å²) in [6.07, 6.45) is 0.233. The average Bonchev–Trinajstić information content (AvgIpc) is 2.15. The van der Waals surface area contributed by atoms with Crippen molar-refractivity contribution in [2.45, 2.75) is 25.8 Å². The lowest BCUT2D eigenvalue weighted by atomic mass is 10.1. The predicted octanol–water partition coefficient (Wildman–Crippen LogP) is 0.0907. The standard InChI is InChI=1S/C9H17NO4/c1-9(2,8(12)14-4)10-6-5-7(11)13-3/h10H,5-6H2,1-4H3. The van der Waals surface area contributed by atoms with Gasteiger partial charge < -0.3 is 14.8 Å². The van der Waals surface area contributed by atoms with Crippen LogP contribution in [-0.2, 0) is 19.1 Å². The molecule has 1 N–H and O–H groups in total. The molecule has 0 aliphatic rings. The Morgan fingerprint density at radius 2 is 1.79 bits per heavy atom. The summed E-state index contributed by atoms with van der Waals surface area (Å²) in [7, 11) is 2.65. The van der Waals surface area contributed by atoms with Crippen LogP contribution >= 0.6 is 0 Å². The van der Waals surface area contributed by atoms with E-state index in [1.54, 1.807) is 13.8 Å². The van der Waals surface area contributed by atoms with Crippen LogP contribution in [0.2, 0.25) is 0 Å². The molecule has 5 nitrogen and oxygen atoms in total. The van der Waals surface area contributed by atoms with Crippen LogP contribution in [0.15, 0.2) is 0 Å². The molecule has 0 fully saturated rings. The maximum atomic E-state index is 11.2. The van der Waals surface area contributed by atoms with Gasteiger partial charge in [0.25, 0.3) is 0 Å². The number of carbonyl (C=O) groups is 2. The van der Waals surface area contributed by atoms with Gasteiger partial charge in [-0.05, 0) is 13.8 Å². The Morgan fingerprint density at radius 1 is 1.21 bits per heavy atom. The lowest BCUT2D eigenvalue weighted by Gasteiger charge is -2.22. The molecule has 5 heteroatoms. The van der Waals surface area contributed by atoms with Crippen molar-refractivity contribution >= 4 is 11.9 Å². The number of esters is 2. The topological polar surface area (TPSA) is 64.6 Å². The number of hydrogen-bond acceptors (Lipinski definition) is 5. The summed E-state index contributed by atoms with van der Waals surface area (Å²) in [5.74, 6) is -0.666. The molecule has 0 atom stereocenters. The second kappa shape index (κ2) is 5.59. The fraction of sp³-hybridized carbons (Fsp3) is 0.778. The molecule has 0 unspecified atom stereocenters. The van der Waals surface area contributed by atoms with Gasteiger partial charge in [0.2, 0.25) is 0 Å². The highest BCUT2D eigenvalue weighted by Crippen LogP contribution is 2.04. The van der Waals surface area contributed by atoms with E-state index >= 15 is 0 Å². The molecule has 0 radical (unpaired) electrons. The first-order valence-electron chi connectivity index (χ1n) is 4.34. The fourth-order valence-electron chi connectivity index (χ4n) is 0.906. The van der Waals surface area contributed by atoms with Gasteiger partial charge in [0.1, 0.15) is 5.54 Å². The summed E-state index contributed by atoms with van der Waals surface area (Å²) in [6, 6.07) is 0. The van der Waals surface area contributed by atoms with E-state index in [2.05, 4.69) is 14.8 Å². The van der Waals surface area contributed by atoms with Crippen LogP contribution < -0.4 is 5.32 Å². The molecule has 0 aromatic heterocycles. The normalized spacial score (nSPS) is 10.9. The van der Waals surface area contributed by atoms with Crippen LogP contribution in [0.3, 0.4) is 0 Å². The first kappa shape index (κ1) is 12.9. The zero-order valence-corrected chi connectivity index (χ0v) is 9.05. The van der Waals surface area contributed by atoms with Gasteiger partial charge in [-0.25, -0.2) is 0 Å². The molecule has 0 aromatic carbocycles. The van der Waals surface area contributed by atoms with E-state index in [1.807, 2.05) is 0 Å². The predicted molar refractivity (Wildman–Crippen MR) is 50.7 cm³/mol. The van der Waals surface area contributed by atoms with Crippen molar-refractivity contribution in [3.63, 3.8) is 0 Å². The molecule has 0 rings (SSSR count). The van der Waals surface area contributed by atoms with Gasteiger partial charge >= 0.3 is 11.9 Å². The third-order valence-corrected chi connectivity index (χ3v) is 1.82. The first-order chi connectivity index (χ1) is 6.44. The summed E-state index contributed by atoms with van der Waals surface area (Å²) in [6.45, 7) is 3.76. The van der Waals surface area contributed by atoms with Crippen LogP contribution in [0.1, 0.15) is 20.3 Å². The Hall–Kier alpha value is -1.10. The van der Waals surface area contributed by atoms with Gasteiger partial charge in [-0.15, -0.1) is 0 Å². The van der Waals surface area contributed by atoms with E-state index < -0.39 is 5.54 Å². The quantitative estimate of drug-likeness (QED) is 0.641. The van der Waals surface area contributed by atoms with Gasteiger partial charge in [0.05, 0.1) is 20.6 Å². The SMILES string of the molecule is COC(=O)CCNC(C)(C)C(=O)OC. The molecule has 82 valence electrons. The molecule has 14 heavy (non-hydrogen) atoms. The maximum absolute atomic E-state index is 11.2. The van der Waals surface area contributed by atoms with Crippen molar-refractivity contribution in [3.05, 3.63) is 0 Å². The highest BCUT2D eigenvalue weighted by atomic mass is 16.5. The summed E-state index contributed by atoms with van der Waals surface area (Å²) in [5.41, 5.74) is -0.775. The molecule has 0 amide bonds. The lowest BCUT2D eigenvalue weighted by molar-refractivity contribution is -0.148. The fourth-order valence-corrected chi connectivity index (χ4v) is 0.906. The largest absolute Gasteiger partial charge is 0.469 e. The van der Waals surface area contributed by atoms with Crippen LogP contribution in [0.5, 0.6) is 0 Å². The van der Waals surface area contributed by atoms with E-state index in [-0.39, 0.29) is 18.4 Å². The molecular formula is C9H17NO4. The summed E-state index contributed by atoms with van der Waals surface area (Å²) in [4.78, 5) is 21.9. The van der Waals surface area contributed by atoms with Crippen LogP contribution in [0.4, 0.5) is 0 Å². The third kappa shape index (κ3) is 4.23. The van der Waals surface area contributed by atoms with Crippen LogP contribution in [0, 0.1) is 0 Å². The summed E-state index contributed by atoms with van der Waals surface area (Å²) in [5, 5.41) is 2.90. The third-order valence-electron chi connectivity index (χ3n) is 1.82. The van der Waals surface area contributed by atoms with Gasteiger partial charge in [0, 0.05) is 6.54 Å². The monoisotopic (exact) mass is 203 g/mol. The molecule has 0 saturated heterocycles. The molecule has 0 aromatic rings. The minimum atomic E-state index is -0.775. The molecule has 0 bridgehead atoms. The van der Waals surface area contributed by atoms with Gasteiger partial charge in [-0.1, -0.05) is 0 Å². The number of methoxy groups -OCH3 is 2. The van der Waals surface area contributed by atoms with Crippen molar-refractivity contribution < 1.29 is 19.1 Å². The number of hydrogen-bond donors (Lipinski definition) is 1. The van der Waals surface area contributed by atoms with Crippen LogP contribution in [-0.4, -0.2) is 38.2 Å². The van der Waals surface area contributed by atoms with Crippen molar-refractivity contribution in [2.24, 2.45) is 0 Å². The molecule has 0 aliphatic carbocycles. The maximum Gasteiger partial charge on any atom is 0.325 e. The minimum absolute atomic E-state index is 0.233. The van der Waals surface area contributed by atoms with E-state index in [1.165, 1.54) is 14.2 Å². The van der Waals surface area contributed by atoms with Crippen molar-refractivity contribution in [3.8, 4) is 0 Å². The zero-order chi connectivity index (χ0) is 11.2. The Labute approximate surface area is 83.8 Å². The number of rotatable bonds is 5. The Bertz CT molecular complexity index is 213. The second-order valence-electron chi connectivity index (χ2n) is 3.37. The molecule has 0 heterocycles. The van der Waals surface area contributed by atoms with Crippen molar-refractivity contribution in [2.75, 3.05) is 20.8 Å². The smallest absolute Gasteiger partial charge is 0.325 e. The van der Waals surface area contributed by atoms with Gasteiger partial charge in [-0.3, -0.25) is 9.59 Å². The molecule has 0 spiro atoms. The summed E-state index contributed by atoms with van der Waals surface area (Å²) >= 11 is 0. The van der Waals surface area contributed by atoms with E-state index in [9.17, 15) is 9.59 Å². The zero-order valence-electron chi connectivity index (χ0n) is 9.05. The van der Waals surface area contributed by atoms with Crippen molar-refractivity contribution in [1.29, 1.82) is 0 Å². The second-order valence-corrected chi connectivity index (χ2v) is 3.37. The Kier molecular flexibility index (Phi) is 5.15. The van der Waals surface area contributed by atoms with E-state index in [0.717, 1.165) is 0 Å². The van der Waals surface area contributed by atoms with Crippen LogP contribution in [0.25, 0.3) is 0 Å².